The highest BCUT2D eigenvalue weighted by Crippen LogP contribution is 2.31. The number of carboxylic acids is 1. The molecule has 2 N–H and O–H groups in total. The fourth-order valence-electron chi connectivity index (χ4n) is 3.17. The third-order valence-electron chi connectivity index (χ3n) is 4.73. The Balaban J connectivity index is 1.85. The van der Waals surface area contributed by atoms with Gasteiger partial charge in [0.15, 0.2) is 11.5 Å². The van der Waals surface area contributed by atoms with Gasteiger partial charge in [0.05, 0.1) is 7.11 Å². The van der Waals surface area contributed by atoms with Crippen molar-refractivity contribution in [3.8, 4) is 22.8 Å². The number of ether oxygens (including phenoxy) is 1. The number of carbonyl (C=O) groups is 1. The molecule has 174 valence electrons. The molecule has 0 unspecified atom stereocenters. The van der Waals surface area contributed by atoms with Crippen LogP contribution in [-0.2, 0) is 6.18 Å². The SMILES string of the molecule is COc1ncc(-c2cnc(Nc3cccc(C)c3)nc2-n2ccc(C(F)(F)F)n2)cc1C(=O)O. The van der Waals surface area contributed by atoms with Crippen molar-refractivity contribution in [3.63, 3.8) is 0 Å². The number of pyridine rings is 1. The van der Waals surface area contributed by atoms with Gasteiger partial charge in [0.1, 0.15) is 5.56 Å². The fraction of sp³-hybridized carbons (Fsp3) is 0.136. The Labute approximate surface area is 190 Å². The summed E-state index contributed by atoms with van der Waals surface area (Å²) < 4.78 is 45.4. The van der Waals surface area contributed by atoms with Gasteiger partial charge in [0.25, 0.3) is 0 Å². The number of hydrogen-bond donors (Lipinski definition) is 2. The zero-order valence-electron chi connectivity index (χ0n) is 17.8. The van der Waals surface area contributed by atoms with Crippen LogP contribution in [0.25, 0.3) is 16.9 Å². The molecular weight excluding hydrogens is 453 g/mol. The predicted molar refractivity (Wildman–Crippen MR) is 115 cm³/mol. The summed E-state index contributed by atoms with van der Waals surface area (Å²) in [7, 11) is 1.27. The van der Waals surface area contributed by atoms with E-state index in [4.69, 9.17) is 4.74 Å². The number of rotatable bonds is 6. The summed E-state index contributed by atoms with van der Waals surface area (Å²) in [6.07, 6.45) is -0.876. The molecule has 3 aromatic heterocycles. The summed E-state index contributed by atoms with van der Waals surface area (Å²) in [6, 6.07) is 9.45. The molecule has 0 saturated heterocycles. The molecule has 0 radical (unpaired) electrons. The minimum Gasteiger partial charge on any atom is -0.480 e. The molecule has 4 rings (SSSR count). The van der Waals surface area contributed by atoms with E-state index in [1.807, 2.05) is 25.1 Å². The molecule has 3 heterocycles. The largest absolute Gasteiger partial charge is 0.480 e. The molecule has 0 bridgehead atoms. The Hall–Kier alpha value is -4.48. The minimum absolute atomic E-state index is 0.0102. The second-order valence-corrected chi connectivity index (χ2v) is 7.15. The normalized spacial score (nSPS) is 11.3. The first-order valence-electron chi connectivity index (χ1n) is 9.77. The Morgan fingerprint density at radius 3 is 2.59 bits per heavy atom. The van der Waals surface area contributed by atoms with Crippen molar-refractivity contribution < 1.29 is 27.8 Å². The number of anilines is 2. The third-order valence-corrected chi connectivity index (χ3v) is 4.73. The van der Waals surface area contributed by atoms with E-state index in [1.54, 1.807) is 6.07 Å². The molecule has 34 heavy (non-hydrogen) atoms. The number of aryl methyl sites for hydroxylation is 1. The van der Waals surface area contributed by atoms with Crippen LogP contribution >= 0.6 is 0 Å². The maximum Gasteiger partial charge on any atom is 0.435 e. The topological polar surface area (TPSA) is 115 Å². The molecule has 0 saturated carbocycles. The zero-order valence-corrected chi connectivity index (χ0v) is 17.8. The molecule has 0 spiro atoms. The van der Waals surface area contributed by atoms with Crippen LogP contribution < -0.4 is 10.1 Å². The van der Waals surface area contributed by atoms with Crippen LogP contribution in [0.2, 0.25) is 0 Å². The Morgan fingerprint density at radius 2 is 1.94 bits per heavy atom. The van der Waals surface area contributed by atoms with Crippen LogP contribution in [0, 0.1) is 6.92 Å². The number of nitrogens with zero attached hydrogens (tertiary/aromatic N) is 5. The first-order chi connectivity index (χ1) is 16.2. The lowest BCUT2D eigenvalue weighted by Gasteiger charge is -2.13. The lowest BCUT2D eigenvalue weighted by atomic mass is 10.1. The molecule has 0 atom stereocenters. The summed E-state index contributed by atoms with van der Waals surface area (Å²) in [6.45, 7) is 1.90. The molecule has 0 amide bonds. The first kappa shape index (κ1) is 22.7. The van der Waals surface area contributed by atoms with Gasteiger partial charge in [-0.2, -0.15) is 23.3 Å². The number of benzene rings is 1. The van der Waals surface area contributed by atoms with E-state index in [9.17, 15) is 23.1 Å². The molecule has 0 aliphatic carbocycles. The predicted octanol–water partition coefficient (Wildman–Crippen LogP) is 4.50. The number of methoxy groups -OCH3 is 1. The van der Waals surface area contributed by atoms with Gasteiger partial charge in [-0.3, -0.25) is 0 Å². The maximum absolute atomic E-state index is 13.2. The van der Waals surface area contributed by atoms with Crippen LogP contribution in [0.3, 0.4) is 0 Å². The number of hydrogen-bond acceptors (Lipinski definition) is 7. The van der Waals surface area contributed by atoms with E-state index >= 15 is 0 Å². The molecule has 12 heteroatoms. The summed E-state index contributed by atoms with van der Waals surface area (Å²) in [4.78, 5) is 24.2. The summed E-state index contributed by atoms with van der Waals surface area (Å²) >= 11 is 0. The highest BCUT2D eigenvalue weighted by Gasteiger charge is 2.34. The van der Waals surface area contributed by atoms with E-state index in [1.165, 1.54) is 25.6 Å². The van der Waals surface area contributed by atoms with E-state index < -0.39 is 17.8 Å². The van der Waals surface area contributed by atoms with Gasteiger partial charge in [-0.05, 0) is 36.8 Å². The summed E-state index contributed by atoms with van der Waals surface area (Å²) in [5.41, 5.74) is 0.779. The third kappa shape index (κ3) is 4.65. The lowest BCUT2D eigenvalue weighted by molar-refractivity contribution is -0.141. The first-order valence-corrected chi connectivity index (χ1v) is 9.77. The quantitative estimate of drug-likeness (QED) is 0.423. The number of aromatic nitrogens is 5. The molecule has 0 aliphatic rings. The summed E-state index contributed by atoms with van der Waals surface area (Å²) in [5, 5.41) is 16.1. The smallest absolute Gasteiger partial charge is 0.435 e. The van der Waals surface area contributed by atoms with Gasteiger partial charge in [-0.25, -0.2) is 19.4 Å². The van der Waals surface area contributed by atoms with Crippen molar-refractivity contribution in [2.24, 2.45) is 0 Å². The van der Waals surface area contributed by atoms with Crippen LogP contribution in [-0.4, -0.2) is 42.9 Å². The molecular formula is C22H17F3N6O3. The van der Waals surface area contributed by atoms with Gasteiger partial charge in [0, 0.05) is 35.4 Å². The van der Waals surface area contributed by atoms with Crippen LogP contribution in [0.15, 0.2) is 55.0 Å². The van der Waals surface area contributed by atoms with Crippen LogP contribution in [0.1, 0.15) is 21.6 Å². The molecule has 0 fully saturated rings. The highest BCUT2D eigenvalue weighted by atomic mass is 19.4. The van der Waals surface area contributed by atoms with Gasteiger partial charge in [-0.1, -0.05) is 12.1 Å². The fourth-order valence-corrected chi connectivity index (χ4v) is 3.17. The monoisotopic (exact) mass is 470 g/mol. The van der Waals surface area contributed by atoms with Gasteiger partial charge < -0.3 is 15.2 Å². The number of carboxylic acid groups (broad SMARTS) is 1. The van der Waals surface area contributed by atoms with Crippen LogP contribution in [0.4, 0.5) is 24.8 Å². The Bertz CT molecular complexity index is 1370. The number of alkyl halides is 3. The van der Waals surface area contributed by atoms with Crippen molar-refractivity contribution in [1.29, 1.82) is 0 Å². The average Bonchev–Trinajstić information content (AvgIpc) is 3.29. The van der Waals surface area contributed by atoms with Crippen molar-refractivity contribution in [2.75, 3.05) is 12.4 Å². The van der Waals surface area contributed by atoms with E-state index in [2.05, 4.69) is 25.4 Å². The standard InChI is InChI=1S/C22H17F3N6O3/c1-12-4-3-5-14(8-12)28-21-27-11-16(13-9-15(20(32)33)19(34-2)26-10-13)18(29-21)31-7-6-17(30-31)22(23,24)25/h3-11H,1-2H3,(H,32,33)(H,27,28,29). The van der Waals surface area contributed by atoms with Gasteiger partial charge in [-0.15, -0.1) is 0 Å². The van der Waals surface area contributed by atoms with E-state index in [0.29, 0.717) is 5.69 Å². The van der Waals surface area contributed by atoms with Crippen molar-refractivity contribution in [2.45, 2.75) is 13.1 Å². The number of aromatic carboxylic acids is 1. The van der Waals surface area contributed by atoms with Gasteiger partial charge in [0.2, 0.25) is 11.8 Å². The van der Waals surface area contributed by atoms with Crippen molar-refractivity contribution in [1.82, 2.24) is 24.7 Å². The average molecular weight is 470 g/mol. The van der Waals surface area contributed by atoms with Crippen molar-refractivity contribution in [3.05, 3.63) is 71.8 Å². The number of halogens is 3. The molecule has 0 aliphatic heterocycles. The Morgan fingerprint density at radius 1 is 1.15 bits per heavy atom. The van der Waals surface area contributed by atoms with E-state index in [-0.39, 0.29) is 34.3 Å². The minimum atomic E-state index is -4.65. The number of nitrogens with one attached hydrogen (secondary N) is 1. The second kappa shape index (κ2) is 8.81. The summed E-state index contributed by atoms with van der Waals surface area (Å²) in [5.74, 6) is -1.31. The molecule has 4 aromatic rings. The van der Waals surface area contributed by atoms with E-state index in [0.717, 1.165) is 22.5 Å². The highest BCUT2D eigenvalue weighted by molar-refractivity contribution is 5.92. The second-order valence-electron chi connectivity index (χ2n) is 7.15. The van der Waals surface area contributed by atoms with Crippen LogP contribution in [0.5, 0.6) is 5.88 Å². The maximum atomic E-state index is 13.2. The van der Waals surface area contributed by atoms with Crippen molar-refractivity contribution >= 4 is 17.6 Å². The molecule has 9 nitrogen and oxygen atoms in total. The lowest BCUT2D eigenvalue weighted by Crippen LogP contribution is -2.10. The van der Waals surface area contributed by atoms with Gasteiger partial charge >= 0.3 is 12.1 Å². The zero-order chi connectivity index (χ0) is 24.5. The molecule has 1 aromatic carbocycles. The Kier molecular flexibility index (Phi) is 5.88.